The highest BCUT2D eigenvalue weighted by molar-refractivity contribution is 5.96. The fourth-order valence-corrected chi connectivity index (χ4v) is 4.60. The number of benzene rings is 2. The number of alkyl halides is 2. The van der Waals surface area contributed by atoms with Crippen molar-refractivity contribution in [2.24, 2.45) is 0 Å². The molecule has 2 atom stereocenters. The fraction of sp³-hybridized carbons (Fsp3) is 0.423. The van der Waals surface area contributed by atoms with Crippen LogP contribution in [0.2, 0.25) is 0 Å². The van der Waals surface area contributed by atoms with Gasteiger partial charge in [0, 0.05) is 36.0 Å². The Bertz CT molecular complexity index is 1310. The number of fused-ring (bicyclic) bond motifs is 2. The molecule has 0 spiro atoms. The number of rotatable bonds is 5. The smallest absolute Gasteiger partial charge is 0.267 e. The highest BCUT2D eigenvalue weighted by atomic mass is 19.3. The first-order chi connectivity index (χ1) is 17.8. The van der Waals surface area contributed by atoms with Crippen LogP contribution in [0.4, 0.5) is 19.0 Å². The first-order valence-corrected chi connectivity index (χ1v) is 12.1. The minimum Gasteiger partial charge on any atom is -0.485 e. The van der Waals surface area contributed by atoms with Crippen molar-refractivity contribution in [2.45, 2.75) is 38.8 Å². The topological polar surface area (TPSA) is 85.8 Å². The summed E-state index contributed by atoms with van der Waals surface area (Å²) < 4.78 is 58.4. The first kappa shape index (κ1) is 25.1. The van der Waals surface area contributed by atoms with Crippen LogP contribution < -0.4 is 14.8 Å². The molecule has 11 heteroatoms. The molecule has 3 aromatic rings. The second kappa shape index (κ2) is 10.4. The molecule has 196 valence electrons. The largest absolute Gasteiger partial charge is 0.485 e. The van der Waals surface area contributed by atoms with Gasteiger partial charge in [-0.2, -0.15) is 5.10 Å². The van der Waals surface area contributed by atoms with Crippen molar-refractivity contribution in [1.82, 2.24) is 15.1 Å². The molecule has 2 aliphatic heterocycles. The van der Waals surface area contributed by atoms with Crippen LogP contribution in [-0.4, -0.2) is 60.0 Å². The van der Waals surface area contributed by atoms with Crippen LogP contribution in [0.3, 0.4) is 0 Å². The second-order valence-corrected chi connectivity index (χ2v) is 9.10. The Labute approximate surface area is 211 Å². The molecular formula is C26H27F3N4O4. The van der Waals surface area contributed by atoms with E-state index < -0.39 is 30.0 Å². The van der Waals surface area contributed by atoms with Gasteiger partial charge in [0.05, 0.1) is 23.9 Å². The zero-order valence-corrected chi connectivity index (χ0v) is 20.5. The van der Waals surface area contributed by atoms with Gasteiger partial charge >= 0.3 is 0 Å². The van der Waals surface area contributed by atoms with Gasteiger partial charge in [-0.3, -0.25) is 4.79 Å². The minimum absolute atomic E-state index is 0.0526. The lowest BCUT2D eigenvalue weighted by atomic mass is 10.0. The average Bonchev–Trinajstić information content (AvgIpc) is 3.18. The predicted octanol–water partition coefficient (Wildman–Crippen LogP) is 4.58. The molecule has 1 fully saturated rings. The van der Waals surface area contributed by atoms with Crippen LogP contribution in [0.1, 0.15) is 42.6 Å². The number of halogens is 3. The van der Waals surface area contributed by atoms with Crippen molar-refractivity contribution in [3.05, 3.63) is 53.0 Å². The lowest BCUT2D eigenvalue weighted by molar-refractivity contribution is -0.141. The summed E-state index contributed by atoms with van der Waals surface area (Å²) in [6.07, 6.45) is -2.93. The van der Waals surface area contributed by atoms with Gasteiger partial charge < -0.3 is 24.4 Å². The highest BCUT2D eigenvalue weighted by Crippen LogP contribution is 2.39. The van der Waals surface area contributed by atoms with Crippen molar-refractivity contribution in [1.29, 1.82) is 0 Å². The van der Waals surface area contributed by atoms with Crippen molar-refractivity contribution >= 4 is 22.5 Å². The molecule has 0 radical (unpaired) electrons. The number of amides is 1. The van der Waals surface area contributed by atoms with Crippen molar-refractivity contribution in [3.8, 4) is 11.5 Å². The molecule has 1 aromatic heterocycles. The SMILES string of the molecule is Cc1nnc(N[C@H](C)c2cccc(C(F)F)c2F)c2cc3c(cc12)OC(C(=O)N1CCCOCC1)CO3. The van der Waals surface area contributed by atoms with E-state index in [4.69, 9.17) is 14.2 Å². The van der Waals surface area contributed by atoms with Gasteiger partial charge in [-0.15, -0.1) is 5.10 Å². The van der Waals surface area contributed by atoms with E-state index in [0.717, 1.165) is 12.5 Å². The molecule has 0 bridgehead atoms. The fourth-order valence-electron chi connectivity index (χ4n) is 4.60. The molecule has 1 N–H and O–H groups in total. The molecule has 5 rings (SSSR count). The summed E-state index contributed by atoms with van der Waals surface area (Å²) >= 11 is 0. The number of nitrogens with zero attached hydrogens (tertiary/aromatic N) is 3. The lowest BCUT2D eigenvalue weighted by Crippen LogP contribution is -2.47. The van der Waals surface area contributed by atoms with Gasteiger partial charge in [-0.05, 0) is 32.4 Å². The number of ether oxygens (including phenoxy) is 3. The lowest BCUT2D eigenvalue weighted by Gasteiger charge is -2.30. The van der Waals surface area contributed by atoms with Crippen LogP contribution in [0.25, 0.3) is 10.8 Å². The van der Waals surface area contributed by atoms with E-state index in [1.54, 1.807) is 30.9 Å². The van der Waals surface area contributed by atoms with Gasteiger partial charge in [-0.1, -0.05) is 18.2 Å². The normalized spacial score (nSPS) is 18.5. The molecule has 2 aromatic carbocycles. The maximum Gasteiger partial charge on any atom is 0.267 e. The monoisotopic (exact) mass is 516 g/mol. The average molecular weight is 517 g/mol. The maximum atomic E-state index is 14.7. The minimum atomic E-state index is -2.92. The van der Waals surface area contributed by atoms with Crippen LogP contribution in [0.15, 0.2) is 30.3 Å². The third-order valence-corrected chi connectivity index (χ3v) is 6.61. The molecule has 1 amide bonds. The van der Waals surface area contributed by atoms with Gasteiger partial charge in [0.15, 0.2) is 17.3 Å². The van der Waals surface area contributed by atoms with Crippen molar-refractivity contribution < 1.29 is 32.2 Å². The molecule has 37 heavy (non-hydrogen) atoms. The molecule has 0 aliphatic carbocycles. The van der Waals surface area contributed by atoms with E-state index in [-0.39, 0.29) is 18.1 Å². The summed E-state index contributed by atoms with van der Waals surface area (Å²) in [5.74, 6) is 0.0792. The van der Waals surface area contributed by atoms with Crippen LogP contribution in [0.5, 0.6) is 11.5 Å². The summed E-state index contributed by atoms with van der Waals surface area (Å²) in [5, 5.41) is 12.8. The summed E-state index contributed by atoms with van der Waals surface area (Å²) in [6, 6.07) is 6.72. The zero-order valence-electron chi connectivity index (χ0n) is 20.5. The van der Waals surface area contributed by atoms with Gasteiger partial charge in [0.2, 0.25) is 6.10 Å². The highest BCUT2D eigenvalue weighted by Gasteiger charge is 2.32. The quantitative estimate of drug-likeness (QED) is 0.532. The molecular weight excluding hydrogens is 489 g/mol. The van der Waals surface area contributed by atoms with Gasteiger partial charge in [0.1, 0.15) is 12.4 Å². The summed E-state index contributed by atoms with van der Waals surface area (Å²) in [6.45, 7) is 5.71. The number of aryl methyl sites for hydroxylation is 1. The summed E-state index contributed by atoms with van der Waals surface area (Å²) in [5.41, 5.74) is 0.0529. The van der Waals surface area contributed by atoms with Crippen LogP contribution in [-0.2, 0) is 9.53 Å². The Balaban J connectivity index is 1.41. The summed E-state index contributed by atoms with van der Waals surface area (Å²) in [7, 11) is 0. The van der Waals surface area contributed by atoms with Crippen molar-refractivity contribution in [3.63, 3.8) is 0 Å². The van der Waals surface area contributed by atoms with E-state index in [2.05, 4.69) is 15.5 Å². The number of hydrogen-bond acceptors (Lipinski definition) is 7. The van der Waals surface area contributed by atoms with Gasteiger partial charge in [0.25, 0.3) is 12.3 Å². The Hall–Kier alpha value is -3.60. The first-order valence-electron chi connectivity index (χ1n) is 12.1. The number of nitrogens with one attached hydrogen (secondary N) is 1. The third-order valence-electron chi connectivity index (χ3n) is 6.61. The second-order valence-electron chi connectivity index (χ2n) is 9.10. The van der Waals surface area contributed by atoms with Crippen molar-refractivity contribution in [2.75, 3.05) is 38.2 Å². The number of hydrogen-bond donors (Lipinski definition) is 1. The Morgan fingerprint density at radius 2 is 1.89 bits per heavy atom. The number of anilines is 1. The Kier molecular flexibility index (Phi) is 7.05. The Morgan fingerprint density at radius 1 is 1.11 bits per heavy atom. The zero-order chi connectivity index (χ0) is 26.1. The predicted molar refractivity (Wildman–Crippen MR) is 130 cm³/mol. The number of carbonyl (C=O) groups is 1. The molecule has 3 heterocycles. The Morgan fingerprint density at radius 3 is 2.70 bits per heavy atom. The van der Waals surface area contributed by atoms with Crippen LogP contribution in [0, 0.1) is 12.7 Å². The van der Waals surface area contributed by atoms with E-state index in [1.807, 2.05) is 0 Å². The number of aromatic nitrogens is 2. The molecule has 0 saturated carbocycles. The number of carbonyl (C=O) groups excluding carboxylic acids is 1. The molecule has 1 saturated heterocycles. The van der Waals surface area contributed by atoms with E-state index in [1.165, 1.54) is 12.1 Å². The van der Waals surface area contributed by atoms with E-state index in [9.17, 15) is 18.0 Å². The molecule has 2 aliphatic rings. The molecule has 1 unspecified atom stereocenters. The third kappa shape index (κ3) is 5.00. The maximum absolute atomic E-state index is 14.7. The van der Waals surface area contributed by atoms with Crippen LogP contribution >= 0.6 is 0 Å². The van der Waals surface area contributed by atoms with Gasteiger partial charge in [-0.25, -0.2) is 13.2 Å². The van der Waals surface area contributed by atoms with E-state index in [0.29, 0.717) is 60.1 Å². The standard InChI is InChI=1S/C26H27F3N4O4/c1-14(16-5-3-6-17(23(16)27)24(28)29)30-25-19-12-20-21(11-18(19)15(2)31-32-25)37-22(13-36-20)26(34)33-7-4-9-35-10-8-33/h3,5-6,11-12,14,22,24H,4,7-10,13H2,1-2H3,(H,30,32)/t14-,22?/m1/s1. The van der Waals surface area contributed by atoms with E-state index >= 15 is 0 Å². The molecule has 8 nitrogen and oxygen atoms in total. The summed E-state index contributed by atoms with van der Waals surface area (Å²) in [4.78, 5) is 14.7.